The number of nitrogens with one attached hydrogen (secondary N) is 1. The lowest BCUT2D eigenvalue weighted by molar-refractivity contribution is -0.384. The zero-order valence-electron chi connectivity index (χ0n) is 11.2. The minimum absolute atomic E-state index is 0.0643. The molecule has 21 heavy (non-hydrogen) atoms. The van der Waals surface area contributed by atoms with Gasteiger partial charge in [0.25, 0.3) is 11.6 Å². The van der Waals surface area contributed by atoms with Gasteiger partial charge in [0.05, 0.1) is 11.0 Å². The topological polar surface area (TPSA) is 81.5 Å². The van der Waals surface area contributed by atoms with Crippen LogP contribution in [0, 0.1) is 10.1 Å². The van der Waals surface area contributed by atoms with Gasteiger partial charge < -0.3 is 10.1 Å². The van der Waals surface area contributed by atoms with E-state index in [4.69, 9.17) is 4.74 Å². The molecule has 2 rings (SSSR count). The summed E-state index contributed by atoms with van der Waals surface area (Å²) in [6, 6.07) is 9.73. The van der Waals surface area contributed by atoms with Crippen LogP contribution in [0.1, 0.15) is 4.88 Å². The molecule has 0 radical (unpaired) electrons. The molecule has 1 heterocycles. The van der Waals surface area contributed by atoms with E-state index in [1.807, 2.05) is 17.5 Å². The minimum Gasteiger partial charge on any atom is -0.484 e. The van der Waals surface area contributed by atoms with Crippen LogP contribution in [0.5, 0.6) is 5.75 Å². The third-order valence-electron chi connectivity index (χ3n) is 2.67. The average Bonchev–Trinajstić information content (AvgIpc) is 2.99. The number of thiophene rings is 1. The van der Waals surface area contributed by atoms with Crippen molar-refractivity contribution in [1.29, 1.82) is 0 Å². The highest BCUT2D eigenvalue weighted by atomic mass is 32.1. The molecule has 0 unspecified atom stereocenters. The highest BCUT2D eigenvalue weighted by Crippen LogP contribution is 2.18. The van der Waals surface area contributed by atoms with E-state index in [0.29, 0.717) is 12.3 Å². The van der Waals surface area contributed by atoms with E-state index >= 15 is 0 Å². The van der Waals surface area contributed by atoms with Gasteiger partial charge in [0.1, 0.15) is 5.75 Å². The maximum absolute atomic E-state index is 11.6. The summed E-state index contributed by atoms with van der Waals surface area (Å²) in [5.41, 5.74) is -0.0643. The van der Waals surface area contributed by atoms with Crippen molar-refractivity contribution in [3.8, 4) is 5.75 Å². The van der Waals surface area contributed by atoms with Crippen molar-refractivity contribution in [2.24, 2.45) is 0 Å². The highest BCUT2D eigenvalue weighted by Gasteiger charge is 2.08. The smallest absolute Gasteiger partial charge is 0.273 e. The fourth-order valence-electron chi connectivity index (χ4n) is 1.67. The number of hydrogen-bond donors (Lipinski definition) is 1. The summed E-state index contributed by atoms with van der Waals surface area (Å²) < 4.78 is 5.23. The van der Waals surface area contributed by atoms with Crippen LogP contribution >= 0.6 is 11.3 Å². The summed E-state index contributed by atoms with van der Waals surface area (Å²) in [6.45, 7) is 0.378. The second-order valence-corrected chi connectivity index (χ2v) is 5.25. The van der Waals surface area contributed by atoms with E-state index in [9.17, 15) is 14.9 Å². The zero-order chi connectivity index (χ0) is 15.1. The Hall–Kier alpha value is -2.41. The molecule has 0 aliphatic heterocycles. The number of hydrogen-bond acceptors (Lipinski definition) is 5. The second-order valence-electron chi connectivity index (χ2n) is 4.22. The van der Waals surface area contributed by atoms with Gasteiger partial charge in [0, 0.05) is 17.5 Å². The Balaban J connectivity index is 1.73. The van der Waals surface area contributed by atoms with E-state index in [-0.39, 0.29) is 18.2 Å². The first-order valence-electron chi connectivity index (χ1n) is 6.31. The molecule has 0 aliphatic carbocycles. The summed E-state index contributed by atoms with van der Waals surface area (Å²) in [6.07, 6.45) is 0.778. The van der Waals surface area contributed by atoms with Crippen LogP contribution in [0.25, 0.3) is 0 Å². The molecule has 2 aromatic rings. The molecule has 0 aliphatic rings. The molecule has 0 atom stereocenters. The Morgan fingerprint density at radius 2 is 2.19 bits per heavy atom. The molecular formula is C14H14N2O4S. The van der Waals surface area contributed by atoms with Crippen molar-refractivity contribution >= 4 is 22.9 Å². The van der Waals surface area contributed by atoms with Gasteiger partial charge in [0.15, 0.2) is 6.61 Å². The number of ether oxygens (including phenoxy) is 1. The Labute approximate surface area is 125 Å². The first-order chi connectivity index (χ1) is 10.1. The first kappa shape index (κ1) is 15.0. The Morgan fingerprint density at radius 3 is 2.90 bits per heavy atom. The molecule has 7 heteroatoms. The molecule has 1 aromatic heterocycles. The van der Waals surface area contributed by atoms with Crippen molar-refractivity contribution in [3.63, 3.8) is 0 Å². The molecule has 0 bridgehead atoms. The number of nitrogens with zero attached hydrogens (tertiary/aromatic N) is 1. The standard InChI is InChI=1S/C14H14N2O4S/c17-14(15-7-6-13-5-2-8-21-13)10-20-12-4-1-3-11(9-12)16(18)19/h1-5,8-9H,6-7,10H2,(H,15,17). The van der Waals surface area contributed by atoms with E-state index in [0.717, 1.165) is 6.42 Å². The SMILES string of the molecule is O=C(COc1cccc([N+](=O)[O-])c1)NCCc1cccs1. The van der Waals surface area contributed by atoms with Crippen molar-refractivity contribution in [1.82, 2.24) is 5.32 Å². The van der Waals surface area contributed by atoms with Crippen LogP contribution in [0.15, 0.2) is 41.8 Å². The van der Waals surface area contributed by atoms with Crippen LogP contribution in [0.4, 0.5) is 5.69 Å². The fourth-order valence-corrected chi connectivity index (χ4v) is 2.38. The van der Waals surface area contributed by atoms with Crippen LogP contribution in [0.2, 0.25) is 0 Å². The maximum atomic E-state index is 11.6. The van der Waals surface area contributed by atoms with Gasteiger partial charge in [-0.15, -0.1) is 11.3 Å². The number of carbonyl (C=O) groups is 1. The van der Waals surface area contributed by atoms with Crippen LogP contribution in [-0.4, -0.2) is 24.0 Å². The van der Waals surface area contributed by atoms with Gasteiger partial charge in [-0.25, -0.2) is 0 Å². The monoisotopic (exact) mass is 306 g/mol. The molecule has 110 valence electrons. The third kappa shape index (κ3) is 4.88. The van der Waals surface area contributed by atoms with Gasteiger partial charge in [-0.1, -0.05) is 12.1 Å². The van der Waals surface area contributed by atoms with Gasteiger partial charge >= 0.3 is 0 Å². The summed E-state index contributed by atoms with van der Waals surface area (Å²) in [7, 11) is 0. The average molecular weight is 306 g/mol. The number of nitro groups is 1. The molecule has 1 aromatic carbocycles. The van der Waals surface area contributed by atoms with Crippen molar-refractivity contribution in [2.45, 2.75) is 6.42 Å². The van der Waals surface area contributed by atoms with E-state index in [1.54, 1.807) is 17.4 Å². The number of rotatable bonds is 7. The minimum atomic E-state index is -0.506. The lowest BCUT2D eigenvalue weighted by atomic mass is 10.3. The summed E-state index contributed by atoms with van der Waals surface area (Å²) in [5, 5.41) is 15.3. The maximum Gasteiger partial charge on any atom is 0.273 e. The molecule has 0 saturated carbocycles. The molecule has 0 saturated heterocycles. The number of non-ortho nitro benzene ring substituents is 1. The predicted molar refractivity (Wildman–Crippen MR) is 79.6 cm³/mol. The Morgan fingerprint density at radius 1 is 1.33 bits per heavy atom. The molecule has 1 N–H and O–H groups in total. The fraction of sp³-hybridized carbons (Fsp3) is 0.214. The van der Waals surface area contributed by atoms with Crippen LogP contribution in [-0.2, 0) is 11.2 Å². The third-order valence-corrected chi connectivity index (χ3v) is 3.61. The Kier molecular flexibility index (Phi) is 5.28. The molecule has 6 nitrogen and oxygen atoms in total. The summed E-state index contributed by atoms with van der Waals surface area (Å²) in [5.74, 6) is 0.0515. The Bertz CT molecular complexity index is 613. The van der Waals surface area contributed by atoms with Crippen molar-refractivity contribution < 1.29 is 14.5 Å². The summed E-state index contributed by atoms with van der Waals surface area (Å²) in [4.78, 5) is 22.9. The lowest BCUT2D eigenvalue weighted by Crippen LogP contribution is -2.30. The van der Waals surface area contributed by atoms with Crippen molar-refractivity contribution in [3.05, 3.63) is 56.8 Å². The van der Waals surface area contributed by atoms with E-state index < -0.39 is 4.92 Å². The largest absolute Gasteiger partial charge is 0.484 e. The van der Waals surface area contributed by atoms with E-state index in [2.05, 4.69) is 5.32 Å². The predicted octanol–water partition coefficient (Wildman–Crippen LogP) is 2.39. The van der Waals surface area contributed by atoms with Crippen LogP contribution < -0.4 is 10.1 Å². The van der Waals surface area contributed by atoms with Gasteiger partial charge in [-0.05, 0) is 23.9 Å². The van der Waals surface area contributed by atoms with Gasteiger partial charge in [0.2, 0.25) is 0 Å². The molecule has 0 spiro atoms. The normalized spacial score (nSPS) is 10.1. The highest BCUT2D eigenvalue weighted by molar-refractivity contribution is 7.09. The number of carbonyl (C=O) groups excluding carboxylic acids is 1. The van der Waals surface area contributed by atoms with Crippen LogP contribution in [0.3, 0.4) is 0 Å². The quantitative estimate of drug-likeness (QED) is 0.629. The number of nitro benzene ring substituents is 1. The van der Waals surface area contributed by atoms with Gasteiger partial charge in [-0.3, -0.25) is 14.9 Å². The first-order valence-corrected chi connectivity index (χ1v) is 7.19. The molecule has 1 amide bonds. The summed E-state index contributed by atoms with van der Waals surface area (Å²) >= 11 is 1.64. The van der Waals surface area contributed by atoms with Crippen molar-refractivity contribution in [2.75, 3.05) is 13.2 Å². The van der Waals surface area contributed by atoms with Gasteiger partial charge in [-0.2, -0.15) is 0 Å². The zero-order valence-corrected chi connectivity index (χ0v) is 12.0. The number of benzene rings is 1. The second kappa shape index (κ2) is 7.39. The van der Waals surface area contributed by atoms with E-state index in [1.165, 1.54) is 23.1 Å². The molecular weight excluding hydrogens is 292 g/mol. The lowest BCUT2D eigenvalue weighted by Gasteiger charge is -2.07. The number of amides is 1. The molecule has 0 fully saturated rings.